The molecule has 1 aliphatic heterocycles. The molecule has 6 nitrogen and oxygen atoms in total. The molecular formula is C15H17N3O3S. The maximum Gasteiger partial charge on any atom is 0.254 e. The van der Waals surface area contributed by atoms with Crippen molar-refractivity contribution >= 4 is 17.2 Å². The molecule has 2 aromatic heterocycles. The van der Waals surface area contributed by atoms with Gasteiger partial charge in [0, 0.05) is 19.2 Å². The summed E-state index contributed by atoms with van der Waals surface area (Å²) >= 11 is 1.52. The van der Waals surface area contributed by atoms with Gasteiger partial charge in [0.1, 0.15) is 6.54 Å². The van der Waals surface area contributed by atoms with Crippen LogP contribution in [0.2, 0.25) is 0 Å². The number of aromatic nitrogens is 2. The molecule has 22 heavy (non-hydrogen) atoms. The number of nitrogens with one attached hydrogen (secondary N) is 1. The SMILES string of the molecule is O=C(Cn1cnc(-c2cccs2)cc1=O)NCC1CCCO1. The molecule has 0 saturated carbocycles. The van der Waals surface area contributed by atoms with Crippen LogP contribution in [-0.4, -0.2) is 34.7 Å². The number of ether oxygens (including phenoxy) is 1. The molecule has 1 atom stereocenters. The molecule has 0 aliphatic carbocycles. The first kappa shape index (κ1) is 14.9. The Labute approximate surface area is 131 Å². The van der Waals surface area contributed by atoms with Crippen molar-refractivity contribution < 1.29 is 9.53 Å². The Morgan fingerprint density at radius 3 is 3.14 bits per heavy atom. The van der Waals surface area contributed by atoms with E-state index in [9.17, 15) is 9.59 Å². The lowest BCUT2D eigenvalue weighted by molar-refractivity contribution is -0.122. The molecule has 0 aromatic carbocycles. The van der Waals surface area contributed by atoms with E-state index in [0.29, 0.717) is 12.2 Å². The number of nitrogens with zero attached hydrogens (tertiary/aromatic N) is 2. The van der Waals surface area contributed by atoms with Crippen molar-refractivity contribution in [2.45, 2.75) is 25.5 Å². The van der Waals surface area contributed by atoms with Crippen molar-refractivity contribution in [2.24, 2.45) is 0 Å². The van der Waals surface area contributed by atoms with Crippen molar-refractivity contribution in [2.75, 3.05) is 13.2 Å². The van der Waals surface area contributed by atoms with Crippen molar-refractivity contribution in [1.82, 2.24) is 14.9 Å². The van der Waals surface area contributed by atoms with Gasteiger partial charge in [0.2, 0.25) is 5.91 Å². The van der Waals surface area contributed by atoms with Crippen molar-refractivity contribution in [3.05, 3.63) is 40.3 Å². The topological polar surface area (TPSA) is 73.2 Å². The van der Waals surface area contributed by atoms with Gasteiger partial charge in [-0.15, -0.1) is 11.3 Å². The normalized spacial score (nSPS) is 17.5. The lowest BCUT2D eigenvalue weighted by atomic mass is 10.2. The molecule has 1 fully saturated rings. The molecule has 1 amide bonds. The first-order chi connectivity index (χ1) is 10.7. The van der Waals surface area contributed by atoms with E-state index in [-0.39, 0.29) is 24.1 Å². The van der Waals surface area contributed by atoms with Crippen LogP contribution in [0.1, 0.15) is 12.8 Å². The molecule has 1 saturated heterocycles. The second-order valence-electron chi connectivity index (χ2n) is 5.16. The van der Waals surface area contributed by atoms with Crippen LogP contribution in [0.15, 0.2) is 34.7 Å². The van der Waals surface area contributed by atoms with E-state index in [1.165, 1.54) is 28.3 Å². The molecule has 0 bridgehead atoms. The van der Waals surface area contributed by atoms with Crippen LogP contribution in [0, 0.1) is 0 Å². The van der Waals surface area contributed by atoms with Crippen LogP contribution in [-0.2, 0) is 16.1 Å². The summed E-state index contributed by atoms with van der Waals surface area (Å²) in [5, 5.41) is 4.72. The van der Waals surface area contributed by atoms with Gasteiger partial charge in [0.15, 0.2) is 0 Å². The molecule has 2 aromatic rings. The molecule has 1 N–H and O–H groups in total. The largest absolute Gasteiger partial charge is 0.376 e. The van der Waals surface area contributed by atoms with Gasteiger partial charge < -0.3 is 10.1 Å². The van der Waals surface area contributed by atoms with E-state index in [4.69, 9.17) is 4.74 Å². The number of carbonyl (C=O) groups is 1. The minimum absolute atomic E-state index is 0.0245. The molecule has 1 aliphatic rings. The van der Waals surface area contributed by atoms with Gasteiger partial charge in [-0.3, -0.25) is 14.2 Å². The van der Waals surface area contributed by atoms with Crippen LogP contribution in [0.5, 0.6) is 0 Å². The van der Waals surface area contributed by atoms with Gasteiger partial charge in [-0.1, -0.05) is 6.07 Å². The molecule has 3 heterocycles. The number of thiophene rings is 1. The van der Waals surface area contributed by atoms with Crippen LogP contribution in [0.4, 0.5) is 0 Å². The summed E-state index contributed by atoms with van der Waals surface area (Å²) in [4.78, 5) is 29.1. The average Bonchev–Trinajstić information content (AvgIpc) is 3.20. The van der Waals surface area contributed by atoms with E-state index in [2.05, 4.69) is 10.3 Å². The Kier molecular flexibility index (Phi) is 4.65. The Morgan fingerprint density at radius 2 is 2.45 bits per heavy atom. The molecule has 116 valence electrons. The zero-order valence-electron chi connectivity index (χ0n) is 12.0. The van der Waals surface area contributed by atoms with E-state index in [1.807, 2.05) is 17.5 Å². The highest BCUT2D eigenvalue weighted by Gasteiger charge is 2.16. The summed E-state index contributed by atoms with van der Waals surface area (Å²) in [5.74, 6) is -0.205. The highest BCUT2D eigenvalue weighted by Crippen LogP contribution is 2.20. The van der Waals surface area contributed by atoms with Gasteiger partial charge in [-0.25, -0.2) is 4.98 Å². The number of amides is 1. The van der Waals surface area contributed by atoms with Gasteiger partial charge in [-0.2, -0.15) is 0 Å². The van der Waals surface area contributed by atoms with Crippen molar-refractivity contribution in [3.8, 4) is 10.6 Å². The van der Waals surface area contributed by atoms with Gasteiger partial charge in [-0.05, 0) is 24.3 Å². The molecule has 3 rings (SSSR count). The Morgan fingerprint density at radius 1 is 1.55 bits per heavy atom. The van der Waals surface area contributed by atoms with Gasteiger partial charge in [0.25, 0.3) is 5.56 Å². The van der Waals surface area contributed by atoms with Gasteiger partial charge >= 0.3 is 0 Å². The number of carbonyl (C=O) groups excluding carboxylic acids is 1. The Balaban J connectivity index is 1.60. The molecule has 0 spiro atoms. The molecular weight excluding hydrogens is 302 g/mol. The predicted octanol–water partition coefficient (Wildman–Crippen LogP) is 1.27. The number of hydrogen-bond acceptors (Lipinski definition) is 5. The summed E-state index contributed by atoms with van der Waals surface area (Å²) in [5.41, 5.74) is 0.404. The first-order valence-electron chi connectivity index (χ1n) is 7.21. The van der Waals surface area contributed by atoms with Crippen molar-refractivity contribution in [3.63, 3.8) is 0 Å². The second-order valence-corrected chi connectivity index (χ2v) is 6.10. The van der Waals surface area contributed by atoms with E-state index >= 15 is 0 Å². The summed E-state index contributed by atoms with van der Waals surface area (Å²) in [6.45, 7) is 1.23. The van der Waals surface area contributed by atoms with Crippen LogP contribution < -0.4 is 10.9 Å². The Hall–Kier alpha value is -1.99. The molecule has 7 heteroatoms. The highest BCUT2D eigenvalue weighted by molar-refractivity contribution is 7.13. The maximum absolute atomic E-state index is 12.1. The average molecular weight is 319 g/mol. The van der Waals surface area contributed by atoms with Crippen LogP contribution in [0.25, 0.3) is 10.6 Å². The third-order valence-electron chi connectivity index (χ3n) is 3.52. The van der Waals surface area contributed by atoms with Gasteiger partial charge in [0.05, 0.1) is 23.0 Å². The third-order valence-corrected chi connectivity index (χ3v) is 4.41. The molecule has 0 radical (unpaired) electrons. The second kappa shape index (κ2) is 6.85. The zero-order chi connectivity index (χ0) is 15.4. The van der Waals surface area contributed by atoms with E-state index < -0.39 is 0 Å². The summed E-state index contributed by atoms with van der Waals surface area (Å²) in [6.07, 6.45) is 3.52. The number of hydrogen-bond donors (Lipinski definition) is 1. The fraction of sp³-hybridized carbons (Fsp3) is 0.400. The monoisotopic (exact) mass is 319 g/mol. The Bertz CT molecular complexity index is 690. The fourth-order valence-electron chi connectivity index (χ4n) is 2.35. The third kappa shape index (κ3) is 3.61. The standard InChI is InChI=1S/C15H17N3O3S/c19-14(16-8-11-3-1-5-21-11)9-18-10-17-12(7-15(18)20)13-4-2-6-22-13/h2,4,6-7,10-11H,1,3,5,8-9H2,(H,16,19). The van der Waals surface area contributed by atoms with Crippen LogP contribution >= 0.6 is 11.3 Å². The quantitative estimate of drug-likeness (QED) is 0.901. The van der Waals surface area contributed by atoms with Crippen molar-refractivity contribution in [1.29, 1.82) is 0 Å². The van der Waals surface area contributed by atoms with E-state index in [0.717, 1.165) is 24.3 Å². The van der Waals surface area contributed by atoms with Crippen LogP contribution in [0.3, 0.4) is 0 Å². The maximum atomic E-state index is 12.1. The minimum atomic E-state index is -0.231. The first-order valence-corrected chi connectivity index (χ1v) is 8.09. The summed E-state index contributed by atoms with van der Waals surface area (Å²) in [7, 11) is 0. The highest BCUT2D eigenvalue weighted by atomic mass is 32.1. The summed E-state index contributed by atoms with van der Waals surface area (Å²) < 4.78 is 6.75. The summed E-state index contributed by atoms with van der Waals surface area (Å²) in [6, 6.07) is 5.27. The fourth-order valence-corrected chi connectivity index (χ4v) is 3.04. The number of rotatable bonds is 5. The lowest BCUT2D eigenvalue weighted by Crippen LogP contribution is -2.36. The molecule has 1 unspecified atom stereocenters. The smallest absolute Gasteiger partial charge is 0.254 e. The van der Waals surface area contributed by atoms with E-state index in [1.54, 1.807) is 0 Å². The predicted molar refractivity (Wildman–Crippen MR) is 83.8 cm³/mol. The zero-order valence-corrected chi connectivity index (χ0v) is 12.8. The minimum Gasteiger partial charge on any atom is -0.376 e. The lowest BCUT2D eigenvalue weighted by Gasteiger charge is -2.11.